The Kier molecular flexibility index (Phi) is 1.61. The molecule has 3 heterocycles. The van der Waals surface area contributed by atoms with Gasteiger partial charge in [0, 0.05) is 18.6 Å². The van der Waals surface area contributed by atoms with Crippen molar-refractivity contribution in [1.82, 2.24) is 10.2 Å². The van der Waals surface area contributed by atoms with Gasteiger partial charge in [-0.25, -0.2) is 0 Å². The van der Waals surface area contributed by atoms with Gasteiger partial charge in [0.1, 0.15) is 0 Å². The number of fused-ring (bicyclic) bond motifs is 4. The molecule has 1 N–H and O–H groups in total. The molecule has 3 heteroatoms. The van der Waals surface area contributed by atoms with E-state index in [0.29, 0.717) is 6.04 Å². The summed E-state index contributed by atoms with van der Waals surface area (Å²) in [6.45, 7) is 0. The van der Waals surface area contributed by atoms with Gasteiger partial charge in [-0.05, 0) is 17.7 Å². The van der Waals surface area contributed by atoms with Gasteiger partial charge in [0.25, 0.3) is 0 Å². The summed E-state index contributed by atoms with van der Waals surface area (Å²) in [7, 11) is 0. The van der Waals surface area contributed by atoms with Crippen LogP contribution < -0.4 is 5.32 Å². The molecule has 0 saturated heterocycles. The molecule has 4 aliphatic rings. The van der Waals surface area contributed by atoms with Crippen molar-refractivity contribution in [3.63, 3.8) is 0 Å². The molecule has 0 aromatic rings. The predicted octanol–water partition coefficient (Wildman–Crippen LogP) is 1.98. The topological polar surface area (TPSA) is 27.6 Å². The second-order valence-electron chi connectivity index (χ2n) is 4.29. The smallest absolute Gasteiger partial charge is 0.0901 e. The lowest BCUT2D eigenvalue weighted by Crippen LogP contribution is -2.32. The van der Waals surface area contributed by atoms with Crippen molar-refractivity contribution in [2.45, 2.75) is 6.04 Å². The lowest BCUT2D eigenvalue weighted by Gasteiger charge is -2.29. The monoisotopic (exact) mass is 221 g/mol. The van der Waals surface area contributed by atoms with Gasteiger partial charge in [0.05, 0.1) is 23.1 Å². The number of hydrogen-bond donors (Lipinski definition) is 1. The zero-order valence-corrected chi connectivity index (χ0v) is 9.17. The number of allylic oxidation sites excluding steroid dienone is 4. The van der Waals surface area contributed by atoms with Gasteiger partial charge in [0.15, 0.2) is 0 Å². The van der Waals surface area contributed by atoms with Crippen molar-refractivity contribution < 1.29 is 0 Å². The predicted molar refractivity (Wildman–Crippen MR) is 67.9 cm³/mol. The van der Waals surface area contributed by atoms with E-state index in [2.05, 4.69) is 57.9 Å². The second-order valence-corrected chi connectivity index (χ2v) is 4.29. The molecule has 0 fully saturated rings. The Morgan fingerprint density at radius 2 is 2.24 bits per heavy atom. The molecule has 0 aromatic carbocycles. The van der Waals surface area contributed by atoms with E-state index >= 15 is 0 Å². The van der Waals surface area contributed by atoms with Crippen molar-refractivity contribution in [2.24, 2.45) is 4.99 Å². The molecule has 17 heavy (non-hydrogen) atoms. The SMILES string of the molecule is C1=CC2=CC3=C4NC=CN=C4C=CN3C2C=C1. The van der Waals surface area contributed by atoms with Gasteiger partial charge in [-0.15, -0.1) is 0 Å². The summed E-state index contributed by atoms with van der Waals surface area (Å²) in [5.41, 5.74) is 4.63. The standard InChI is InChI=1S/C14H11N3/c1-2-4-12-10(3-1)9-13-14-11(5-8-17(12)13)15-6-7-16-14/h1-9,12,16H. The van der Waals surface area contributed by atoms with E-state index in [9.17, 15) is 0 Å². The Morgan fingerprint density at radius 1 is 1.24 bits per heavy atom. The number of hydrogen-bond acceptors (Lipinski definition) is 3. The summed E-state index contributed by atoms with van der Waals surface area (Å²) < 4.78 is 0. The maximum atomic E-state index is 4.37. The lowest BCUT2D eigenvalue weighted by molar-refractivity contribution is 0.466. The van der Waals surface area contributed by atoms with Crippen molar-refractivity contribution >= 4 is 5.71 Å². The van der Waals surface area contributed by atoms with E-state index in [4.69, 9.17) is 0 Å². The lowest BCUT2D eigenvalue weighted by atomic mass is 10.0. The van der Waals surface area contributed by atoms with Crippen LogP contribution >= 0.6 is 0 Å². The fourth-order valence-corrected chi connectivity index (χ4v) is 2.55. The molecular weight excluding hydrogens is 210 g/mol. The first-order valence-corrected chi connectivity index (χ1v) is 5.70. The second kappa shape index (κ2) is 3.10. The molecule has 82 valence electrons. The molecule has 3 nitrogen and oxygen atoms in total. The Balaban J connectivity index is 1.89. The van der Waals surface area contributed by atoms with Gasteiger partial charge in [0.2, 0.25) is 0 Å². The summed E-state index contributed by atoms with van der Waals surface area (Å²) >= 11 is 0. The summed E-state index contributed by atoms with van der Waals surface area (Å²) in [6, 6.07) is 0.341. The minimum Gasteiger partial charge on any atom is -0.357 e. The van der Waals surface area contributed by atoms with Crippen LogP contribution in [0, 0.1) is 0 Å². The van der Waals surface area contributed by atoms with Crippen LogP contribution in [0.2, 0.25) is 0 Å². The normalized spacial score (nSPS) is 27.3. The van der Waals surface area contributed by atoms with Crippen LogP contribution in [0.3, 0.4) is 0 Å². The first-order valence-electron chi connectivity index (χ1n) is 5.70. The first-order chi connectivity index (χ1) is 8.43. The van der Waals surface area contributed by atoms with E-state index in [-0.39, 0.29) is 0 Å². The van der Waals surface area contributed by atoms with Gasteiger partial charge in [-0.2, -0.15) is 0 Å². The molecule has 0 bridgehead atoms. The third kappa shape index (κ3) is 1.13. The van der Waals surface area contributed by atoms with E-state index in [1.165, 1.54) is 11.3 Å². The Hall–Kier alpha value is -2.29. The average molecular weight is 221 g/mol. The van der Waals surface area contributed by atoms with E-state index < -0.39 is 0 Å². The summed E-state index contributed by atoms with van der Waals surface area (Å²) in [6.07, 6.45) is 18.6. The summed E-state index contributed by atoms with van der Waals surface area (Å²) in [4.78, 5) is 6.64. The van der Waals surface area contributed by atoms with Crippen LogP contribution in [0.5, 0.6) is 0 Å². The fraction of sp³-hybridized carbons (Fsp3) is 0.0714. The maximum Gasteiger partial charge on any atom is 0.0901 e. The van der Waals surface area contributed by atoms with Crippen LogP contribution in [0.25, 0.3) is 0 Å². The van der Waals surface area contributed by atoms with Crippen molar-refractivity contribution in [3.8, 4) is 0 Å². The third-order valence-electron chi connectivity index (χ3n) is 3.34. The number of nitrogens with one attached hydrogen (secondary N) is 1. The first kappa shape index (κ1) is 8.82. The minimum absolute atomic E-state index is 0.341. The summed E-state index contributed by atoms with van der Waals surface area (Å²) in [5.74, 6) is 0. The zero-order chi connectivity index (χ0) is 11.2. The molecule has 0 amide bonds. The van der Waals surface area contributed by atoms with Crippen molar-refractivity contribution in [1.29, 1.82) is 0 Å². The molecule has 1 atom stereocenters. The molecule has 4 rings (SSSR count). The van der Waals surface area contributed by atoms with E-state index in [1.54, 1.807) is 6.20 Å². The van der Waals surface area contributed by atoms with Crippen LogP contribution in [0.15, 0.2) is 77.0 Å². The van der Waals surface area contributed by atoms with Gasteiger partial charge >= 0.3 is 0 Å². The van der Waals surface area contributed by atoms with Gasteiger partial charge in [-0.1, -0.05) is 24.3 Å². The summed E-state index contributed by atoms with van der Waals surface area (Å²) in [5, 5.41) is 3.28. The van der Waals surface area contributed by atoms with E-state index in [0.717, 1.165) is 11.4 Å². The molecule has 1 unspecified atom stereocenters. The zero-order valence-electron chi connectivity index (χ0n) is 9.17. The molecule has 0 saturated carbocycles. The number of nitrogens with zero attached hydrogens (tertiary/aromatic N) is 2. The van der Waals surface area contributed by atoms with Crippen LogP contribution in [-0.2, 0) is 0 Å². The Labute approximate surface area is 99.5 Å². The third-order valence-corrected chi connectivity index (χ3v) is 3.34. The van der Waals surface area contributed by atoms with Crippen molar-refractivity contribution in [3.05, 3.63) is 72.0 Å². The fourth-order valence-electron chi connectivity index (χ4n) is 2.55. The molecule has 0 radical (unpaired) electrons. The van der Waals surface area contributed by atoms with E-state index in [1.807, 2.05) is 6.20 Å². The number of aliphatic imine (C=N–C) groups is 1. The Bertz CT molecular complexity index is 597. The molecular formula is C14H11N3. The highest BCUT2D eigenvalue weighted by molar-refractivity contribution is 6.10. The quantitative estimate of drug-likeness (QED) is 0.677. The van der Waals surface area contributed by atoms with Gasteiger partial charge in [-0.3, -0.25) is 4.99 Å². The van der Waals surface area contributed by atoms with Crippen LogP contribution in [-0.4, -0.2) is 16.7 Å². The maximum absolute atomic E-state index is 4.37. The van der Waals surface area contributed by atoms with Gasteiger partial charge < -0.3 is 10.2 Å². The largest absolute Gasteiger partial charge is 0.357 e. The number of rotatable bonds is 0. The average Bonchev–Trinajstić information content (AvgIpc) is 2.78. The molecule has 0 aromatic heterocycles. The molecule has 0 spiro atoms. The molecule has 1 aliphatic carbocycles. The van der Waals surface area contributed by atoms with Crippen molar-refractivity contribution in [2.75, 3.05) is 0 Å². The molecule has 3 aliphatic heterocycles. The van der Waals surface area contributed by atoms with Crippen LogP contribution in [0.1, 0.15) is 0 Å². The Morgan fingerprint density at radius 3 is 3.24 bits per heavy atom. The highest BCUT2D eigenvalue weighted by atomic mass is 15.2. The van der Waals surface area contributed by atoms with Crippen LogP contribution in [0.4, 0.5) is 0 Å². The highest BCUT2D eigenvalue weighted by Crippen LogP contribution is 2.34. The minimum atomic E-state index is 0.341. The highest BCUT2D eigenvalue weighted by Gasteiger charge is 2.31.